The predicted octanol–water partition coefficient (Wildman–Crippen LogP) is 14.4. The van der Waals surface area contributed by atoms with Crippen LogP contribution in [0.1, 0.15) is 51.2 Å². The molecule has 15 rings (SSSR count). The van der Waals surface area contributed by atoms with Gasteiger partial charge in [-0.3, -0.25) is 9.97 Å². The van der Waals surface area contributed by atoms with E-state index in [1.807, 2.05) is 133 Å². The SMILES string of the molecule is Brc1ccc(-c2cc(-c3ccccn3)nc(-c3ccccc3)n2)cc1.C.C[C@@H]1CCCC[C@H]1N.O=[P+]([O-])O[O-].[Cu][I].[K+].[K][K].c1ccc(-c2nc(-c3ccc(-n4c5ccccc5c5ccccc54)cc3)cc(-c3ccccn3)n2)cc1.c1ccc2c(c1)Cc1ccccc1-2. The first-order valence-corrected chi connectivity index (χ1v) is 51.1. The summed E-state index contributed by atoms with van der Waals surface area (Å²) in [7, 11) is -3.15. The third-order valence-electron chi connectivity index (χ3n) is 15.5. The summed E-state index contributed by atoms with van der Waals surface area (Å²) in [5.41, 5.74) is 24.1. The van der Waals surface area contributed by atoms with Crippen LogP contribution in [0, 0.1) is 5.92 Å². The van der Waals surface area contributed by atoms with Crippen LogP contribution < -0.4 is 67.3 Å². The van der Waals surface area contributed by atoms with Crippen molar-refractivity contribution in [1.82, 2.24) is 34.5 Å². The van der Waals surface area contributed by atoms with Crippen LogP contribution in [-0.4, -0.2) is 104 Å². The molecule has 13 aromatic rings. The molecule has 2 N–H and O–H groups in total. The summed E-state index contributed by atoms with van der Waals surface area (Å²) < 4.78 is 14.7. The molecule has 1 unspecified atom stereocenters. The quantitative estimate of drug-likeness (QED) is 0.0503. The molecule has 0 aliphatic heterocycles. The Morgan fingerprint density at radius 3 is 1.31 bits per heavy atom. The van der Waals surface area contributed by atoms with Crippen molar-refractivity contribution >= 4 is 129 Å². The van der Waals surface area contributed by atoms with Crippen LogP contribution in [0.4, 0.5) is 0 Å². The third kappa shape index (κ3) is 21.6. The standard InChI is InChI=1S/C33H22N4.C21H14BrN3.C13H10.C7H15N.CH4.Cu.HI.3K.HO4P/c1-2-10-24(11-3-1)33-35-29(22-30(36-33)28-14-8-9-21-34-28)23-17-19-25(20-18-23)37-31-15-6-4-12-26(31)27-13-5-7-16-32(27)37;22-17-11-9-15(10-12-17)19-14-20(18-8-4-5-13-23-18)25-21(24-19)16-6-2-1-3-7-16;1-3-7-12-10(5-1)9-11-6-2-4-8-13(11)12;1-6-4-2-3-5-7(6)8;;;;;;;1-4-5(2)3/h1-22H;1-14H;1-8H,9H2;6-7H,2-5,8H2,1H3;1H4;;1H;;;;1H/q;;;;;+1;;;;+1;/p-2/t;;;6-,7-;;;;;;;/m...1......./s1. The number of hydrogen-bond acceptors (Lipinski definition) is 11. The zero-order chi connectivity index (χ0) is 64.6. The van der Waals surface area contributed by atoms with Gasteiger partial charge in [-0.1, -0.05) is 225 Å². The summed E-state index contributed by atoms with van der Waals surface area (Å²) in [5, 5.41) is 11.0. The summed E-state index contributed by atoms with van der Waals surface area (Å²) in [4.78, 5) is 37.1. The molecule has 19 heteroatoms. The van der Waals surface area contributed by atoms with Crippen LogP contribution in [0.5, 0.6) is 0 Å². The van der Waals surface area contributed by atoms with Crippen LogP contribution in [0.3, 0.4) is 0 Å². The minimum Gasteiger partial charge on any atom is -0.309 e. The molecule has 0 radical (unpaired) electrons. The number of benzene rings is 8. The van der Waals surface area contributed by atoms with E-state index in [0.717, 1.165) is 78.9 Å². The number of nitrogens with zero attached hydrogens (tertiary/aromatic N) is 7. The van der Waals surface area contributed by atoms with E-state index < -0.39 is 8.25 Å². The Balaban J connectivity index is 0.000000188. The topological polar surface area (TPSA) is 181 Å². The molecule has 0 saturated heterocycles. The van der Waals surface area contributed by atoms with Crippen molar-refractivity contribution in [2.24, 2.45) is 11.7 Å². The largest absolute Gasteiger partial charge is 0.309 e. The van der Waals surface area contributed by atoms with Gasteiger partial charge >= 0.3 is 156 Å². The summed E-state index contributed by atoms with van der Waals surface area (Å²) >= 11 is 11.8. The average Bonchev–Trinajstić information content (AvgIpc) is 1.41. The zero-order valence-corrected chi connectivity index (χ0v) is 66.9. The molecule has 12 nitrogen and oxygen atoms in total. The number of halogens is 2. The Morgan fingerprint density at radius 2 is 0.904 bits per heavy atom. The number of para-hydroxylation sites is 2. The first-order valence-electron chi connectivity index (χ1n) is 30.2. The van der Waals surface area contributed by atoms with Gasteiger partial charge in [0, 0.05) is 61.6 Å². The van der Waals surface area contributed by atoms with E-state index in [1.165, 1.54) is 133 Å². The number of aromatic nitrogens is 7. The maximum absolute atomic E-state index is 8.87. The van der Waals surface area contributed by atoms with Crippen molar-refractivity contribution in [3.63, 3.8) is 0 Å². The van der Waals surface area contributed by atoms with Gasteiger partial charge < -0.3 is 20.5 Å². The van der Waals surface area contributed by atoms with Crippen LogP contribution in [0.15, 0.2) is 272 Å². The number of nitrogens with two attached hydrogens (primary N) is 1. The van der Waals surface area contributed by atoms with E-state index in [4.69, 9.17) is 40.4 Å². The Hall–Kier alpha value is -3.40. The Kier molecular flexibility index (Phi) is 34.2. The summed E-state index contributed by atoms with van der Waals surface area (Å²) in [6.07, 6.45) is 10.0. The van der Waals surface area contributed by atoms with Crippen molar-refractivity contribution in [3.8, 4) is 84.9 Å². The summed E-state index contributed by atoms with van der Waals surface area (Å²) in [6, 6.07) is 87.4. The normalized spacial score (nSPS) is 13.1. The van der Waals surface area contributed by atoms with Crippen molar-refractivity contribution in [3.05, 3.63) is 283 Å². The maximum Gasteiger partial charge on any atom is 0.160 e. The number of hydrogen-bond donors (Lipinski definition) is 1. The fraction of sp³-hybridized carbons (Fsp3) is 0.120. The van der Waals surface area contributed by atoms with E-state index in [-0.39, 0.29) is 58.8 Å². The second-order valence-electron chi connectivity index (χ2n) is 21.2. The van der Waals surface area contributed by atoms with Gasteiger partial charge in [0.05, 0.1) is 45.2 Å². The Bertz CT molecular complexity index is 4240. The average molecular weight is 1560 g/mol. The summed E-state index contributed by atoms with van der Waals surface area (Å²) in [5.74, 6) is 2.16. The second kappa shape index (κ2) is 41.2. The zero-order valence-electron chi connectivity index (χ0n) is 51.9. The van der Waals surface area contributed by atoms with Crippen molar-refractivity contribution < 1.29 is 83.5 Å². The van der Waals surface area contributed by atoms with Gasteiger partial charge in [-0.25, -0.2) is 24.6 Å². The molecule has 2 aliphatic carbocycles. The van der Waals surface area contributed by atoms with Gasteiger partial charge in [0.2, 0.25) is 0 Å². The van der Waals surface area contributed by atoms with E-state index in [1.54, 1.807) is 32.7 Å². The number of rotatable bonds is 8. The predicted molar refractivity (Wildman–Crippen MR) is 386 cm³/mol. The van der Waals surface area contributed by atoms with Crippen molar-refractivity contribution in [1.29, 1.82) is 0 Å². The molecule has 462 valence electrons. The fourth-order valence-corrected chi connectivity index (χ4v) is 11.2. The van der Waals surface area contributed by atoms with Crippen molar-refractivity contribution in [2.45, 2.75) is 52.5 Å². The van der Waals surface area contributed by atoms with Crippen LogP contribution >= 0.6 is 44.5 Å². The second-order valence-corrected chi connectivity index (χ2v) is 22.7. The minimum absolute atomic E-state index is 0. The number of fused-ring (bicyclic) bond motifs is 6. The monoisotopic (exact) mass is 1560 g/mol. The van der Waals surface area contributed by atoms with E-state index in [2.05, 4.69) is 176 Å². The maximum atomic E-state index is 8.87. The molecule has 8 aromatic carbocycles. The van der Waals surface area contributed by atoms with E-state index >= 15 is 0 Å². The van der Waals surface area contributed by atoms with Gasteiger partial charge in [0.25, 0.3) is 0 Å². The van der Waals surface area contributed by atoms with Gasteiger partial charge in [-0.2, -0.15) is 0 Å². The Labute approximate surface area is 667 Å². The molecule has 0 bridgehead atoms. The van der Waals surface area contributed by atoms with Crippen LogP contribution in [0.25, 0.3) is 107 Å². The molecule has 5 aromatic heterocycles. The smallest absolute Gasteiger partial charge is 0.160 e. The summed E-state index contributed by atoms with van der Waals surface area (Å²) in [6.45, 7) is 2.25. The van der Waals surface area contributed by atoms with Crippen LogP contribution in [-0.2, 0) is 28.4 Å². The van der Waals surface area contributed by atoms with E-state index in [9.17, 15) is 0 Å². The fourth-order valence-electron chi connectivity index (χ4n) is 10.9. The molecular formula is C75H65BrCuIK3N8O4P. The minimum atomic E-state index is -3.15. The van der Waals surface area contributed by atoms with Gasteiger partial charge in [0.1, 0.15) is 0 Å². The molecule has 1 saturated carbocycles. The molecule has 0 spiro atoms. The molecule has 1 fully saturated rings. The third-order valence-corrected chi connectivity index (χ3v) is 16.1. The molecule has 0 amide bonds. The number of pyridine rings is 2. The first kappa shape index (κ1) is 77.9. The molecule has 2 aliphatic rings. The molecular weight excluding hydrogens is 1500 g/mol. The van der Waals surface area contributed by atoms with Crippen molar-refractivity contribution in [2.75, 3.05) is 0 Å². The molecule has 5 heterocycles. The van der Waals surface area contributed by atoms with Gasteiger partial charge in [-0.15, -0.1) is 0 Å². The molecule has 3 atom stereocenters. The van der Waals surface area contributed by atoms with E-state index in [0.29, 0.717) is 17.7 Å². The van der Waals surface area contributed by atoms with Gasteiger partial charge in [-0.05, 0) is 125 Å². The first-order chi connectivity index (χ1) is 45.2. The van der Waals surface area contributed by atoms with Crippen LogP contribution in [0.2, 0.25) is 0 Å². The van der Waals surface area contributed by atoms with Gasteiger partial charge in [0.15, 0.2) is 11.6 Å². The molecule has 94 heavy (non-hydrogen) atoms. The Morgan fingerprint density at radius 1 is 0.521 bits per heavy atom.